The lowest BCUT2D eigenvalue weighted by Gasteiger charge is -2.37. The van der Waals surface area contributed by atoms with Gasteiger partial charge in [-0.1, -0.05) is 20.3 Å². The van der Waals surface area contributed by atoms with Gasteiger partial charge in [-0.3, -0.25) is 0 Å². The molecule has 1 aliphatic carbocycles. The van der Waals surface area contributed by atoms with Gasteiger partial charge in [0.05, 0.1) is 12.2 Å². The number of nitrogens with one attached hydrogen (secondary N) is 1. The molecule has 2 fully saturated rings. The van der Waals surface area contributed by atoms with Crippen LogP contribution in [0.25, 0.3) is 0 Å². The summed E-state index contributed by atoms with van der Waals surface area (Å²) in [4.78, 5) is 0. The van der Waals surface area contributed by atoms with Crippen molar-refractivity contribution >= 4 is 0 Å². The summed E-state index contributed by atoms with van der Waals surface area (Å²) in [6.45, 7) is 7.04. The van der Waals surface area contributed by atoms with Crippen molar-refractivity contribution in [2.45, 2.75) is 64.6 Å². The quantitative estimate of drug-likeness (QED) is 0.758. The van der Waals surface area contributed by atoms with Crippen molar-refractivity contribution in [3.05, 3.63) is 0 Å². The second-order valence-electron chi connectivity index (χ2n) is 5.97. The summed E-state index contributed by atoms with van der Waals surface area (Å²) in [6, 6.07) is 0. The average molecular weight is 211 g/mol. The Balaban J connectivity index is 1.78. The fourth-order valence-electron chi connectivity index (χ4n) is 2.95. The predicted molar refractivity (Wildman–Crippen MR) is 63.0 cm³/mol. The highest BCUT2D eigenvalue weighted by Gasteiger charge is 2.30. The minimum Gasteiger partial charge on any atom is -0.375 e. The van der Waals surface area contributed by atoms with Gasteiger partial charge in [-0.25, -0.2) is 0 Å². The van der Waals surface area contributed by atoms with Gasteiger partial charge in [-0.2, -0.15) is 0 Å². The lowest BCUT2D eigenvalue weighted by molar-refractivity contribution is -0.0630. The van der Waals surface area contributed by atoms with Gasteiger partial charge < -0.3 is 10.1 Å². The Bertz CT molecular complexity index is 197. The molecule has 0 bridgehead atoms. The molecule has 1 heterocycles. The van der Waals surface area contributed by atoms with Crippen LogP contribution in [0.4, 0.5) is 0 Å². The molecule has 1 N–H and O–H groups in total. The van der Waals surface area contributed by atoms with Crippen LogP contribution in [0.2, 0.25) is 0 Å². The van der Waals surface area contributed by atoms with Crippen molar-refractivity contribution in [1.29, 1.82) is 0 Å². The van der Waals surface area contributed by atoms with Gasteiger partial charge in [0.1, 0.15) is 0 Å². The molecule has 15 heavy (non-hydrogen) atoms. The van der Waals surface area contributed by atoms with Crippen LogP contribution in [-0.4, -0.2) is 25.3 Å². The number of ether oxygens (including phenoxy) is 1. The third-order valence-corrected chi connectivity index (χ3v) is 3.83. The minimum atomic E-state index is 0.510. The van der Waals surface area contributed by atoms with E-state index in [0.29, 0.717) is 17.6 Å². The molecule has 2 heteroatoms. The first-order chi connectivity index (χ1) is 7.16. The van der Waals surface area contributed by atoms with Gasteiger partial charge in [0.25, 0.3) is 0 Å². The van der Waals surface area contributed by atoms with E-state index in [0.717, 1.165) is 13.1 Å². The first kappa shape index (κ1) is 11.4. The Labute approximate surface area is 93.8 Å². The molecule has 1 aliphatic heterocycles. The molecule has 1 saturated carbocycles. The molecule has 2 aliphatic rings. The molecule has 0 spiro atoms. The standard InChI is InChI=1S/C13H25NO/c1-13(2)7-3-4-12(10-13)15-11-5-8-14-9-6-11/h11-12,14H,3-10H2,1-2H3. The normalized spacial score (nSPS) is 32.8. The summed E-state index contributed by atoms with van der Waals surface area (Å²) in [5.41, 5.74) is 0.510. The van der Waals surface area contributed by atoms with Crippen molar-refractivity contribution in [2.75, 3.05) is 13.1 Å². The van der Waals surface area contributed by atoms with Crippen LogP contribution in [0.15, 0.2) is 0 Å². The zero-order valence-electron chi connectivity index (χ0n) is 10.2. The van der Waals surface area contributed by atoms with Gasteiger partial charge in [-0.15, -0.1) is 0 Å². The lowest BCUT2D eigenvalue weighted by atomic mass is 9.76. The van der Waals surface area contributed by atoms with E-state index < -0.39 is 0 Å². The van der Waals surface area contributed by atoms with E-state index >= 15 is 0 Å². The number of hydrogen-bond donors (Lipinski definition) is 1. The molecule has 0 radical (unpaired) electrons. The summed E-state index contributed by atoms with van der Waals surface area (Å²) < 4.78 is 6.23. The van der Waals surface area contributed by atoms with E-state index in [1.165, 1.54) is 38.5 Å². The highest BCUT2D eigenvalue weighted by molar-refractivity contribution is 4.81. The van der Waals surface area contributed by atoms with E-state index in [4.69, 9.17) is 4.74 Å². The van der Waals surface area contributed by atoms with Gasteiger partial charge in [0.2, 0.25) is 0 Å². The Hall–Kier alpha value is -0.0800. The zero-order valence-corrected chi connectivity index (χ0v) is 10.2. The second kappa shape index (κ2) is 4.84. The molecule has 0 amide bonds. The van der Waals surface area contributed by atoms with E-state index in [1.807, 2.05) is 0 Å². The fourth-order valence-corrected chi connectivity index (χ4v) is 2.95. The molecule has 2 rings (SSSR count). The smallest absolute Gasteiger partial charge is 0.0603 e. The predicted octanol–water partition coefficient (Wildman–Crippen LogP) is 2.72. The van der Waals surface area contributed by atoms with Gasteiger partial charge >= 0.3 is 0 Å². The molecule has 0 aromatic carbocycles. The van der Waals surface area contributed by atoms with Crippen LogP contribution in [0.1, 0.15) is 52.4 Å². The summed E-state index contributed by atoms with van der Waals surface area (Å²) in [5.74, 6) is 0. The van der Waals surface area contributed by atoms with Crippen molar-refractivity contribution in [3.63, 3.8) is 0 Å². The molecule has 2 nitrogen and oxygen atoms in total. The minimum absolute atomic E-state index is 0.510. The number of piperidine rings is 1. The monoisotopic (exact) mass is 211 g/mol. The van der Waals surface area contributed by atoms with Gasteiger partial charge in [0.15, 0.2) is 0 Å². The molecule has 88 valence electrons. The highest BCUT2D eigenvalue weighted by atomic mass is 16.5. The Morgan fingerprint density at radius 1 is 1.07 bits per heavy atom. The third kappa shape index (κ3) is 3.46. The van der Waals surface area contributed by atoms with Crippen LogP contribution in [0, 0.1) is 5.41 Å². The highest BCUT2D eigenvalue weighted by Crippen LogP contribution is 2.37. The Kier molecular flexibility index (Phi) is 3.68. The number of hydrogen-bond acceptors (Lipinski definition) is 2. The van der Waals surface area contributed by atoms with E-state index in [9.17, 15) is 0 Å². The zero-order chi connectivity index (χ0) is 10.7. The average Bonchev–Trinajstić information content (AvgIpc) is 2.17. The number of rotatable bonds is 2. The van der Waals surface area contributed by atoms with Gasteiger partial charge in [-0.05, 0) is 50.6 Å². The fraction of sp³-hybridized carbons (Fsp3) is 1.00. The van der Waals surface area contributed by atoms with E-state index in [-0.39, 0.29) is 0 Å². The van der Waals surface area contributed by atoms with E-state index in [1.54, 1.807) is 0 Å². The largest absolute Gasteiger partial charge is 0.375 e. The van der Waals surface area contributed by atoms with Crippen molar-refractivity contribution < 1.29 is 4.74 Å². The van der Waals surface area contributed by atoms with Gasteiger partial charge in [0, 0.05) is 0 Å². The van der Waals surface area contributed by atoms with Crippen molar-refractivity contribution in [3.8, 4) is 0 Å². The maximum absolute atomic E-state index is 6.23. The summed E-state index contributed by atoms with van der Waals surface area (Å²) in [5, 5.41) is 3.39. The second-order valence-corrected chi connectivity index (χ2v) is 5.97. The lowest BCUT2D eigenvalue weighted by Crippen LogP contribution is -2.37. The molecule has 0 aromatic heterocycles. The van der Waals surface area contributed by atoms with Crippen LogP contribution < -0.4 is 5.32 Å². The SMILES string of the molecule is CC1(C)CCCC(OC2CCNCC2)C1. The molecule has 1 unspecified atom stereocenters. The Morgan fingerprint density at radius 3 is 2.47 bits per heavy atom. The molecular weight excluding hydrogens is 186 g/mol. The summed E-state index contributed by atoms with van der Waals surface area (Å²) >= 11 is 0. The first-order valence-electron chi connectivity index (χ1n) is 6.52. The molecular formula is C13H25NO. The van der Waals surface area contributed by atoms with Crippen LogP contribution >= 0.6 is 0 Å². The molecule has 0 aromatic rings. The maximum Gasteiger partial charge on any atom is 0.0603 e. The first-order valence-corrected chi connectivity index (χ1v) is 6.52. The summed E-state index contributed by atoms with van der Waals surface area (Å²) in [6.07, 6.45) is 8.75. The Morgan fingerprint density at radius 2 is 1.80 bits per heavy atom. The van der Waals surface area contributed by atoms with Crippen LogP contribution in [-0.2, 0) is 4.74 Å². The van der Waals surface area contributed by atoms with Crippen molar-refractivity contribution in [1.82, 2.24) is 5.32 Å². The van der Waals surface area contributed by atoms with Crippen LogP contribution in [0.3, 0.4) is 0 Å². The third-order valence-electron chi connectivity index (χ3n) is 3.83. The van der Waals surface area contributed by atoms with Crippen molar-refractivity contribution in [2.24, 2.45) is 5.41 Å². The molecule has 1 saturated heterocycles. The topological polar surface area (TPSA) is 21.3 Å². The van der Waals surface area contributed by atoms with E-state index in [2.05, 4.69) is 19.2 Å². The maximum atomic E-state index is 6.23. The van der Waals surface area contributed by atoms with Crippen LogP contribution in [0.5, 0.6) is 0 Å². The molecule has 1 atom stereocenters. The summed E-state index contributed by atoms with van der Waals surface area (Å²) in [7, 11) is 0.